The molecule has 6 nitrogen and oxygen atoms in total. The molecule has 7 heteroatoms. The number of ether oxygens (including phenoxy) is 1. The number of nitrogens with zero attached hydrogens (tertiary/aromatic N) is 2. The number of nitrogens with one attached hydrogen (secondary N) is 1. The van der Waals surface area contributed by atoms with Crippen molar-refractivity contribution >= 4 is 29.5 Å². The van der Waals surface area contributed by atoms with Gasteiger partial charge in [0.1, 0.15) is 5.82 Å². The summed E-state index contributed by atoms with van der Waals surface area (Å²) in [6, 6.07) is 17.3. The maximum Gasteiger partial charge on any atom is 0.337 e. The van der Waals surface area contributed by atoms with E-state index in [0.717, 1.165) is 22.5 Å². The molecule has 1 aliphatic heterocycles. The average molecular weight is 393 g/mol. The molecule has 0 saturated carbocycles. The predicted octanol–water partition coefficient (Wildman–Crippen LogP) is 3.49. The van der Waals surface area contributed by atoms with Crippen molar-refractivity contribution in [2.24, 2.45) is 0 Å². The summed E-state index contributed by atoms with van der Waals surface area (Å²) in [5, 5.41) is 7.46. The van der Waals surface area contributed by atoms with E-state index in [1.807, 2.05) is 53.3 Å². The van der Waals surface area contributed by atoms with Crippen LogP contribution in [0.3, 0.4) is 0 Å². The zero-order chi connectivity index (χ0) is 19.5. The van der Waals surface area contributed by atoms with Crippen LogP contribution in [0.2, 0.25) is 0 Å². The van der Waals surface area contributed by atoms with Crippen LogP contribution in [0.15, 0.2) is 60.8 Å². The number of methoxy groups -OCH3 is 1. The van der Waals surface area contributed by atoms with Crippen molar-refractivity contribution in [1.29, 1.82) is 0 Å². The van der Waals surface area contributed by atoms with E-state index < -0.39 is 0 Å². The van der Waals surface area contributed by atoms with Gasteiger partial charge in [-0.1, -0.05) is 42.5 Å². The second kappa shape index (κ2) is 7.90. The molecule has 0 aliphatic carbocycles. The molecule has 0 bridgehead atoms. The third-order valence-corrected chi connectivity index (χ3v) is 5.89. The lowest BCUT2D eigenvalue weighted by molar-refractivity contribution is -0.113. The second-order valence-electron chi connectivity index (χ2n) is 6.44. The first-order valence-electron chi connectivity index (χ1n) is 8.85. The summed E-state index contributed by atoms with van der Waals surface area (Å²) in [5.74, 6) is 0.660. The first-order chi connectivity index (χ1) is 13.7. The van der Waals surface area contributed by atoms with Gasteiger partial charge < -0.3 is 10.1 Å². The molecular formula is C21H19N3O3S. The number of thioether (sulfide) groups is 1. The minimum atomic E-state index is -0.367. The zero-order valence-corrected chi connectivity index (χ0v) is 16.1. The highest BCUT2D eigenvalue weighted by Gasteiger charge is 2.27. The van der Waals surface area contributed by atoms with Gasteiger partial charge in [-0.25, -0.2) is 9.48 Å². The Bertz CT molecular complexity index is 999. The Balaban J connectivity index is 1.68. The van der Waals surface area contributed by atoms with E-state index in [1.54, 1.807) is 23.9 Å². The number of aromatic nitrogens is 2. The maximum absolute atomic E-state index is 12.3. The molecule has 2 heterocycles. The van der Waals surface area contributed by atoms with E-state index in [4.69, 9.17) is 4.74 Å². The fraction of sp³-hybridized carbons (Fsp3) is 0.190. The lowest BCUT2D eigenvalue weighted by Crippen LogP contribution is -2.16. The molecular weight excluding hydrogens is 374 g/mol. The normalized spacial score (nSPS) is 16.0. The van der Waals surface area contributed by atoms with Crippen LogP contribution in [0.5, 0.6) is 0 Å². The van der Waals surface area contributed by atoms with Crippen LogP contribution >= 0.6 is 11.8 Å². The summed E-state index contributed by atoms with van der Waals surface area (Å²) in [4.78, 5) is 24.0. The third-order valence-electron chi connectivity index (χ3n) is 4.60. The van der Waals surface area contributed by atoms with E-state index in [0.29, 0.717) is 17.9 Å². The van der Waals surface area contributed by atoms with Gasteiger partial charge in [-0.3, -0.25) is 4.79 Å². The molecule has 0 fully saturated rings. The van der Waals surface area contributed by atoms with Crippen molar-refractivity contribution in [3.05, 3.63) is 83.0 Å². The minimum Gasteiger partial charge on any atom is -0.465 e. The molecule has 0 spiro atoms. The van der Waals surface area contributed by atoms with E-state index >= 15 is 0 Å². The SMILES string of the molecule is COC(=O)c1ccc(C2SCC(=O)Nc3c2cnn3Cc2ccccc2)cc1. The Kier molecular flexibility index (Phi) is 5.16. The number of fused-ring (bicyclic) bond motifs is 1. The fourth-order valence-corrected chi connectivity index (χ4v) is 4.30. The highest BCUT2D eigenvalue weighted by atomic mass is 32.2. The number of benzene rings is 2. The van der Waals surface area contributed by atoms with Gasteiger partial charge >= 0.3 is 5.97 Å². The van der Waals surface area contributed by atoms with Crippen LogP contribution in [0.4, 0.5) is 5.82 Å². The number of carbonyl (C=O) groups is 2. The van der Waals surface area contributed by atoms with Gasteiger partial charge in [0.15, 0.2) is 0 Å². The van der Waals surface area contributed by atoms with Crippen LogP contribution in [-0.4, -0.2) is 34.5 Å². The number of carbonyl (C=O) groups excluding carboxylic acids is 2. The number of hydrogen-bond donors (Lipinski definition) is 1. The molecule has 1 atom stereocenters. The molecule has 0 radical (unpaired) electrons. The molecule has 1 unspecified atom stereocenters. The third kappa shape index (κ3) is 3.66. The first kappa shape index (κ1) is 18.3. The van der Waals surface area contributed by atoms with Gasteiger partial charge in [-0.2, -0.15) is 5.10 Å². The molecule has 28 heavy (non-hydrogen) atoms. The Hall–Kier alpha value is -3.06. The Labute approximate surface area is 166 Å². The van der Waals surface area contributed by atoms with Crippen molar-refractivity contribution in [2.75, 3.05) is 18.2 Å². The lowest BCUT2D eigenvalue weighted by Gasteiger charge is -2.15. The maximum atomic E-state index is 12.3. The monoisotopic (exact) mass is 393 g/mol. The van der Waals surface area contributed by atoms with E-state index in [-0.39, 0.29) is 17.1 Å². The van der Waals surface area contributed by atoms with Crippen LogP contribution in [0.1, 0.15) is 32.3 Å². The van der Waals surface area contributed by atoms with Gasteiger partial charge in [-0.15, -0.1) is 11.8 Å². The number of anilines is 1. The van der Waals surface area contributed by atoms with E-state index in [9.17, 15) is 9.59 Å². The van der Waals surface area contributed by atoms with Crippen molar-refractivity contribution in [3.8, 4) is 0 Å². The standard InChI is InChI=1S/C21H19N3O3S/c1-27-21(26)16-9-7-15(8-10-16)19-17-11-22-24(12-14-5-3-2-4-6-14)20(17)23-18(25)13-28-19/h2-11,19H,12-13H2,1H3,(H,23,25). The number of amides is 1. The van der Waals surface area contributed by atoms with Crippen molar-refractivity contribution in [3.63, 3.8) is 0 Å². The number of esters is 1. The van der Waals surface area contributed by atoms with Gasteiger partial charge in [0.2, 0.25) is 5.91 Å². The minimum absolute atomic E-state index is 0.0465. The average Bonchev–Trinajstić information content (AvgIpc) is 3.02. The molecule has 3 aromatic rings. The van der Waals surface area contributed by atoms with E-state index in [2.05, 4.69) is 10.4 Å². The molecule has 0 saturated heterocycles. The lowest BCUT2D eigenvalue weighted by atomic mass is 10.0. The van der Waals surface area contributed by atoms with Crippen LogP contribution in [0, 0.1) is 0 Å². The highest BCUT2D eigenvalue weighted by Crippen LogP contribution is 2.41. The Morgan fingerprint density at radius 3 is 2.68 bits per heavy atom. The van der Waals surface area contributed by atoms with Crippen LogP contribution < -0.4 is 5.32 Å². The summed E-state index contributed by atoms with van der Waals surface area (Å²) in [7, 11) is 1.36. The van der Waals surface area contributed by atoms with E-state index in [1.165, 1.54) is 7.11 Å². The Morgan fingerprint density at radius 2 is 1.96 bits per heavy atom. The summed E-state index contributed by atoms with van der Waals surface area (Å²) in [6.45, 7) is 0.578. The molecule has 2 aromatic carbocycles. The summed E-state index contributed by atoms with van der Waals surface area (Å²) < 4.78 is 6.58. The van der Waals surface area contributed by atoms with Gasteiger partial charge in [-0.05, 0) is 23.3 Å². The quantitative estimate of drug-likeness (QED) is 0.687. The summed E-state index contributed by atoms with van der Waals surface area (Å²) in [6.07, 6.45) is 1.82. The molecule has 142 valence electrons. The molecule has 1 aliphatic rings. The fourth-order valence-electron chi connectivity index (χ4n) is 3.21. The molecule has 1 amide bonds. The molecule has 4 rings (SSSR count). The second-order valence-corrected chi connectivity index (χ2v) is 7.54. The largest absolute Gasteiger partial charge is 0.465 e. The number of rotatable bonds is 4. The smallest absolute Gasteiger partial charge is 0.337 e. The van der Waals surface area contributed by atoms with Gasteiger partial charge in [0.05, 0.1) is 36.4 Å². The van der Waals surface area contributed by atoms with Crippen LogP contribution in [0.25, 0.3) is 0 Å². The van der Waals surface area contributed by atoms with Crippen LogP contribution in [-0.2, 0) is 16.1 Å². The molecule has 1 N–H and O–H groups in total. The Morgan fingerprint density at radius 1 is 1.21 bits per heavy atom. The number of hydrogen-bond acceptors (Lipinski definition) is 5. The highest BCUT2D eigenvalue weighted by molar-refractivity contribution is 8.00. The molecule has 1 aromatic heterocycles. The van der Waals surface area contributed by atoms with Crippen molar-refractivity contribution in [1.82, 2.24) is 9.78 Å². The predicted molar refractivity (Wildman–Crippen MR) is 108 cm³/mol. The van der Waals surface area contributed by atoms with Crippen molar-refractivity contribution < 1.29 is 14.3 Å². The van der Waals surface area contributed by atoms with Gasteiger partial charge in [0, 0.05) is 5.56 Å². The van der Waals surface area contributed by atoms with Crippen molar-refractivity contribution in [2.45, 2.75) is 11.8 Å². The van der Waals surface area contributed by atoms with Gasteiger partial charge in [0.25, 0.3) is 0 Å². The summed E-state index contributed by atoms with van der Waals surface area (Å²) in [5.41, 5.74) is 3.57. The zero-order valence-electron chi connectivity index (χ0n) is 15.3. The first-order valence-corrected chi connectivity index (χ1v) is 9.90. The summed E-state index contributed by atoms with van der Waals surface area (Å²) >= 11 is 1.55. The topological polar surface area (TPSA) is 73.2 Å².